The van der Waals surface area contributed by atoms with Crippen LogP contribution in [0.4, 0.5) is 15.8 Å². The molecule has 0 radical (unpaired) electrons. The number of rotatable bonds is 4. The molecule has 2 aromatic carbocycles. The molecule has 7 heteroatoms. The Bertz CT molecular complexity index is 709. The molecule has 0 heterocycles. The van der Waals surface area contributed by atoms with Crippen molar-refractivity contribution in [3.8, 4) is 0 Å². The molecule has 110 valence electrons. The number of benzene rings is 2. The van der Waals surface area contributed by atoms with Crippen LogP contribution in [0.5, 0.6) is 0 Å². The van der Waals surface area contributed by atoms with Crippen LogP contribution in [0.1, 0.15) is 0 Å². The first-order chi connectivity index (χ1) is 9.97. The van der Waals surface area contributed by atoms with Gasteiger partial charge in [-0.25, -0.2) is 4.39 Å². The number of nitrogen functional groups attached to an aromatic ring is 1. The monoisotopic (exact) mass is 326 g/mol. The molecule has 4 nitrogen and oxygen atoms in total. The standard InChI is InChI=1S/C14H12ClFN2O2S/c15-9-5-6-12(11(17)7-9)18-14(19)8-21(20)13-4-2-1-3-10(13)16/h1-7H,8,17H2,(H,18,19). The maximum Gasteiger partial charge on any atom is 0.237 e. The van der Waals surface area contributed by atoms with Gasteiger partial charge in [0.2, 0.25) is 5.91 Å². The van der Waals surface area contributed by atoms with E-state index in [1.54, 1.807) is 18.2 Å². The first-order valence-electron chi connectivity index (χ1n) is 5.95. The van der Waals surface area contributed by atoms with Gasteiger partial charge in [-0.1, -0.05) is 23.7 Å². The summed E-state index contributed by atoms with van der Waals surface area (Å²) in [6.07, 6.45) is 0. The molecule has 2 aromatic rings. The molecule has 0 aliphatic carbocycles. The molecule has 0 bridgehead atoms. The second-order valence-electron chi connectivity index (χ2n) is 4.20. The van der Waals surface area contributed by atoms with Gasteiger partial charge in [-0.2, -0.15) is 0 Å². The Morgan fingerprint density at radius 3 is 2.67 bits per heavy atom. The zero-order chi connectivity index (χ0) is 15.4. The van der Waals surface area contributed by atoms with Gasteiger partial charge in [0.25, 0.3) is 0 Å². The summed E-state index contributed by atoms with van der Waals surface area (Å²) >= 11 is 5.75. The maximum atomic E-state index is 13.5. The summed E-state index contributed by atoms with van der Waals surface area (Å²) in [4.78, 5) is 11.8. The van der Waals surface area contributed by atoms with Crippen molar-refractivity contribution in [1.82, 2.24) is 0 Å². The van der Waals surface area contributed by atoms with E-state index in [9.17, 15) is 13.4 Å². The smallest absolute Gasteiger partial charge is 0.237 e. The number of halogens is 2. The first-order valence-corrected chi connectivity index (χ1v) is 7.65. The van der Waals surface area contributed by atoms with Gasteiger partial charge in [-0.15, -0.1) is 0 Å². The Balaban J connectivity index is 2.05. The molecule has 2 rings (SSSR count). The van der Waals surface area contributed by atoms with Gasteiger partial charge < -0.3 is 11.1 Å². The van der Waals surface area contributed by atoms with Gasteiger partial charge in [-0.05, 0) is 30.3 Å². The number of carbonyl (C=O) groups excluding carboxylic acids is 1. The SMILES string of the molecule is Nc1cc(Cl)ccc1NC(=O)CS(=O)c1ccccc1F. The van der Waals surface area contributed by atoms with Crippen LogP contribution in [0.25, 0.3) is 0 Å². The van der Waals surface area contributed by atoms with E-state index >= 15 is 0 Å². The predicted octanol–water partition coefficient (Wildman–Crippen LogP) is 2.81. The van der Waals surface area contributed by atoms with E-state index in [1.165, 1.54) is 24.3 Å². The zero-order valence-corrected chi connectivity index (χ0v) is 12.4. The van der Waals surface area contributed by atoms with Gasteiger partial charge in [-0.3, -0.25) is 9.00 Å². The van der Waals surface area contributed by atoms with Crippen LogP contribution in [-0.2, 0) is 15.6 Å². The topological polar surface area (TPSA) is 72.2 Å². The summed E-state index contributed by atoms with van der Waals surface area (Å²) in [6, 6.07) is 10.2. The third kappa shape index (κ3) is 4.03. The van der Waals surface area contributed by atoms with Crippen molar-refractivity contribution < 1.29 is 13.4 Å². The predicted molar refractivity (Wildman–Crippen MR) is 82.2 cm³/mol. The lowest BCUT2D eigenvalue weighted by atomic mass is 10.2. The average molecular weight is 327 g/mol. The Hall–Kier alpha value is -1.92. The van der Waals surface area contributed by atoms with Gasteiger partial charge in [0.05, 0.1) is 27.1 Å². The summed E-state index contributed by atoms with van der Waals surface area (Å²) in [5, 5.41) is 2.96. The third-order valence-electron chi connectivity index (χ3n) is 2.63. The van der Waals surface area contributed by atoms with Crippen molar-refractivity contribution in [2.45, 2.75) is 4.90 Å². The van der Waals surface area contributed by atoms with Crippen molar-refractivity contribution in [3.05, 3.63) is 53.3 Å². The van der Waals surface area contributed by atoms with E-state index in [4.69, 9.17) is 17.3 Å². The third-order valence-corrected chi connectivity index (χ3v) is 4.21. The molecule has 1 atom stereocenters. The second kappa shape index (κ2) is 6.69. The second-order valence-corrected chi connectivity index (χ2v) is 6.06. The number of amides is 1. The number of nitrogens with two attached hydrogens (primary N) is 1. The zero-order valence-electron chi connectivity index (χ0n) is 10.8. The summed E-state index contributed by atoms with van der Waals surface area (Å²) in [6.45, 7) is 0. The molecular weight excluding hydrogens is 315 g/mol. The van der Waals surface area contributed by atoms with Crippen molar-refractivity contribution in [2.24, 2.45) is 0 Å². The van der Waals surface area contributed by atoms with E-state index < -0.39 is 22.5 Å². The Labute approximate surface area is 128 Å². The summed E-state index contributed by atoms with van der Waals surface area (Å²) in [7, 11) is -1.76. The lowest BCUT2D eigenvalue weighted by Gasteiger charge is -2.08. The van der Waals surface area contributed by atoms with Crippen molar-refractivity contribution in [1.29, 1.82) is 0 Å². The highest BCUT2D eigenvalue weighted by Gasteiger charge is 2.14. The van der Waals surface area contributed by atoms with Gasteiger partial charge in [0.1, 0.15) is 11.6 Å². The van der Waals surface area contributed by atoms with Crippen molar-refractivity contribution >= 4 is 39.7 Å². The molecule has 0 saturated heterocycles. The minimum absolute atomic E-state index is 0.00303. The number of hydrogen-bond acceptors (Lipinski definition) is 3. The Kier molecular flexibility index (Phi) is 4.93. The van der Waals surface area contributed by atoms with E-state index in [2.05, 4.69) is 5.32 Å². The minimum Gasteiger partial charge on any atom is -0.397 e. The van der Waals surface area contributed by atoms with Gasteiger partial charge in [0, 0.05) is 5.02 Å². The van der Waals surface area contributed by atoms with E-state index in [1.807, 2.05) is 0 Å². The van der Waals surface area contributed by atoms with Crippen LogP contribution >= 0.6 is 11.6 Å². The molecule has 0 aromatic heterocycles. The summed E-state index contributed by atoms with van der Waals surface area (Å²) < 4.78 is 25.4. The quantitative estimate of drug-likeness (QED) is 0.849. The summed E-state index contributed by atoms with van der Waals surface area (Å²) in [5.41, 5.74) is 6.37. The summed E-state index contributed by atoms with van der Waals surface area (Å²) in [5.74, 6) is -1.48. The van der Waals surface area contributed by atoms with Gasteiger partial charge >= 0.3 is 0 Å². The fourth-order valence-electron chi connectivity index (χ4n) is 1.66. The Morgan fingerprint density at radius 2 is 2.00 bits per heavy atom. The van der Waals surface area contributed by atoms with Crippen LogP contribution in [0.15, 0.2) is 47.4 Å². The lowest BCUT2D eigenvalue weighted by molar-refractivity contribution is -0.113. The van der Waals surface area contributed by atoms with Gasteiger partial charge in [0.15, 0.2) is 0 Å². The van der Waals surface area contributed by atoms with E-state index in [0.29, 0.717) is 16.4 Å². The Morgan fingerprint density at radius 1 is 1.29 bits per heavy atom. The normalized spacial score (nSPS) is 11.9. The molecule has 0 aliphatic rings. The molecule has 1 amide bonds. The van der Waals surface area contributed by atoms with Crippen LogP contribution in [0.3, 0.4) is 0 Å². The molecule has 0 fully saturated rings. The van der Waals surface area contributed by atoms with Crippen molar-refractivity contribution in [3.63, 3.8) is 0 Å². The fourth-order valence-corrected chi connectivity index (χ4v) is 2.82. The molecule has 1 unspecified atom stereocenters. The average Bonchev–Trinajstić information content (AvgIpc) is 2.42. The molecule has 0 spiro atoms. The molecule has 0 aliphatic heterocycles. The number of hydrogen-bond donors (Lipinski definition) is 2. The van der Waals surface area contributed by atoms with E-state index in [-0.39, 0.29) is 10.6 Å². The minimum atomic E-state index is -1.76. The first kappa shape index (κ1) is 15.5. The van der Waals surface area contributed by atoms with Crippen LogP contribution < -0.4 is 11.1 Å². The maximum absolute atomic E-state index is 13.5. The molecule has 3 N–H and O–H groups in total. The lowest BCUT2D eigenvalue weighted by Crippen LogP contribution is -2.20. The molecular formula is C14H12ClFN2O2S. The largest absolute Gasteiger partial charge is 0.397 e. The number of anilines is 2. The highest BCUT2D eigenvalue weighted by molar-refractivity contribution is 7.85. The molecule has 21 heavy (non-hydrogen) atoms. The van der Waals surface area contributed by atoms with Crippen LogP contribution in [0.2, 0.25) is 5.02 Å². The highest BCUT2D eigenvalue weighted by atomic mass is 35.5. The van der Waals surface area contributed by atoms with E-state index in [0.717, 1.165) is 0 Å². The van der Waals surface area contributed by atoms with Crippen LogP contribution in [0, 0.1) is 5.82 Å². The highest BCUT2D eigenvalue weighted by Crippen LogP contribution is 2.22. The molecule has 0 saturated carbocycles. The number of carbonyl (C=O) groups is 1. The number of nitrogens with one attached hydrogen (secondary N) is 1. The fraction of sp³-hybridized carbons (Fsp3) is 0.0714. The van der Waals surface area contributed by atoms with Crippen molar-refractivity contribution in [2.75, 3.05) is 16.8 Å². The van der Waals surface area contributed by atoms with Crippen LogP contribution in [-0.4, -0.2) is 15.9 Å².